The van der Waals surface area contributed by atoms with E-state index in [4.69, 9.17) is 5.11 Å². The van der Waals surface area contributed by atoms with Crippen LogP contribution in [-0.4, -0.2) is 11.1 Å². The van der Waals surface area contributed by atoms with E-state index in [2.05, 4.69) is 6.92 Å². The van der Waals surface area contributed by atoms with Crippen molar-refractivity contribution in [3.05, 3.63) is 0 Å². The number of carboxylic acids is 1. The molecule has 0 spiro atoms. The second kappa shape index (κ2) is 6.05. The Morgan fingerprint density at radius 1 is 1.29 bits per heavy atom. The highest BCUT2D eigenvalue weighted by atomic mass is 16.4. The van der Waals surface area contributed by atoms with E-state index in [0.29, 0.717) is 5.92 Å². The van der Waals surface area contributed by atoms with Crippen molar-refractivity contribution >= 4 is 5.97 Å². The summed E-state index contributed by atoms with van der Waals surface area (Å²) < 4.78 is 0. The van der Waals surface area contributed by atoms with E-state index in [9.17, 15) is 4.79 Å². The van der Waals surface area contributed by atoms with Gasteiger partial charge in [-0.2, -0.15) is 0 Å². The first-order valence-electron chi connectivity index (χ1n) is 5.98. The molecule has 2 heteroatoms. The van der Waals surface area contributed by atoms with Gasteiger partial charge in [0.2, 0.25) is 0 Å². The summed E-state index contributed by atoms with van der Waals surface area (Å²) in [5, 5.41) is 9.13. The van der Waals surface area contributed by atoms with E-state index in [1.165, 1.54) is 25.7 Å². The zero-order chi connectivity index (χ0) is 10.4. The Kier molecular flexibility index (Phi) is 4.99. The van der Waals surface area contributed by atoms with Crippen LogP contribution in [0.5, 0.6) is 0 Å². The predicted molar refractivity (Wildman–Crippen MR) is 57.2 cm³/mol. The van der Waals surface area contributed by atoms with Gasteiger partial charge in [-0.25, -0.2) is 0 Å². The molecule has 1 N–H and O–H groups in total. The molecule has 1 fully saturated rings. The third-order valence-electron chi connectivity index (χ3n) is 3.40. The molecule has 1 rings (SSSR count). The van der Waals surface area contributed by atoms with Gasteiger partial charge in [0.25, 0.3) is 0 Å². The summed E-state index contributed by atoms with van der Waals surface area (Å²) in [6.07, 6.45) is 9.11. The number of carbonyl (C=O) groups is 1. The Morgan fingerprint density at radius 2 is 2.00 bits per heavy atom. The summed E-state index contributed by atoms with van der Waals surface area (Å²) >= 11 is 0. The molecule has 0 heterocycles. The number of carboxylic acid groups (broad SMARTS) is 1. The summed E-state index contributed by atoms with van der Waals surface area (Å²) in [5.74, 6) is -0.160. The molecule has 0 amide bonds. The maximum absolute atomic E-state index is 11.1. The van der Waals surface area contributed by atoms with Crippen LogP contribution in [0.1, 0.15) is 58.3 Å². The molecule has 2 unspecified atom stereocenters. The average molecular weight is 198 g/mol. The van der Waals surface area contributed by atoms with Crippen molar-refractivity contribution in [2.24, 2.45) is 11.8 Å². The van der Waals surface area contributed by atoms with Gasteiger partial charge in [-0.05, 0) is 25.2 Å². The molecule has 0 radical (unpaired) electrons. The summed E-state index contributed by atoms with van der Waals surface area (Å²) in [7, 11) is 0. The van der Waals surface area contributed by atoms with E-state index in [-0.39, 0.29) is 5.92 Å². The standard InChI is InChI=1S/C12H22O2/c1-2-3-7-10-8-5-4-6-9-11(10)12(13)14/h10-11H,2-9H2,1H3,(H,13,14). The van der Waals surface area contributed by atoms with Crippen LogP contribution in [0.4, 0.5) is 0 Å². The zero-order valence-corrected chi connectivity index (χ0v) is 9.17. The van der Waals surface area contributed by atoms with Gasteiger partial charge in [0, 0.05) is 0 Å². The molecule has 0 aliphatic heterocycles. The van der Waals surface area contributed by atoms with Crippen LogP contribution in [0.2, 0.25) is 0 Å². The van der Waals surface area contributed by atoms with E-state index < -0.39 is 5.97 Å². The van der Waals surface area contributed by atoms with Crippen molar-refractivity contribution in [3.63, 3.8) is 0 Å². The Hall–Kier alpha value is -0.530. The molecule has 1 aliphatic carbocycles. The zero-order valence-electron chi connectivity index (χ0n) is 9.17. The Bertz CT molecular complexity index is 177. The van der Waals surface area contributed by atoms with Crippen molar-refractivity contribution < 1.29 is 9.90 Å². The van der Waals surface area contributed by atoms with Crippen LogP contribution in [0.15, 0.2) is 0 Å². The molecule has 0 saturated heterocycles. The molecule has 0 aromatic heterocycles. The van der Waals surface area contributed by atoms with Gasteiger partial charge >= 0.3 is 5.97 Å². The quantitative estimate of drug-likeness (QED) is 0.702. The first-order chi connectivity index (χ1) is 6.75. The van der Waals surface area contributed by atoms with Crippen LogP contribution in [-0.2, 0) is 4.79 Å². The molecule has 2 nitrogen and oxygen atoms in total. The maximum Gasteiger partial charge on any atom is 0.306 e. The van der Waals surface area contributed by atoms with E-state index in [0.717, 1.165) is 25.7 Å². The fourth-order valence-electron chi connectivity index (χ4n) is 2.52. The van der Waals surface area contributed by atoms with E-state index in [1.54, 1.807) is 0 Å². The number of unbranched alkanes of at least 4 members (excludes halogenated alkanes) is 1. The normalized spacial score (nSPS) is 28.4. The predicted octanol–water partition coefficient (Wildman–Crippen LogP) is 3.46. The van der Waals surface area contributed by atoms with E-state index in [1.807, 2.05) is 0 Å². The highest BCUT2D eigenvalue weighted by Gasteiger charge is 2.28. The van der Waals surface area contributed by atoms with Crippen molar-refractivity contribution in [3.8, 4) is 0 Å². The molecule has 14 heavy (non-hydrogen) atoms. The molecule has 0 aromatic carbocycles. The second-order valence-corrected chi connectivity index (χ2v) is 4.49. The summed E-state index contributed by atoms with van der Waals surface area (Å²) in [5.41, 5.74) is 0. The third kappa shape index (κ3) is 3.32. The SMILES string of the molecule is CCCCC1CCCCCC1C(=O)O. The minimum atomic E-state index is -0.562. The van der Waals surface area contributed by atoms with Crippen LogP contribution in [0, 0.1) is 11.8 Å². The fourth-order valence-corrected chi connectivity index (χ4v) is 2.52. The van der Waals surface area contributed by atoms with Crippen molar-refractivity contribution in [2.75, 3.05) is 0 Å². The van der Waals surface area contributed by atoms with Gasteiger partial charge < -0.3 is 5.11 Å². The van der Waals surface area contributed by atoms with Gasteiger partial charge in [-0.15, -0.1) is 0 Å². The topological polar surface area (TPSA) is 37.3 Å². The number of aliphatic carboxylic acids is 1. The average Bonchev–Trinajstić information content (AvgIpc) is 2.39. The number of rotatable bonds is 4. The molecule has 1 saturated carbocycles. The second-order valence-electron chi connectivity index (χ2n) is 4.49. The first kappa shape index (κ1) is 11.5. The van der Waals surface area contributed by atoms with Gasteiger partial charge in [-0.3, -0.25) is 4.79 Å². The first-order valence-corrected chi connectivity index (χ1v) is 5.98. The fraction of sp³-hybridized carbons (Fsp3) is 0.917. The lowest BCUT2D eigenvalue weighted by atomic mass is 9.84. The molecule has 82 valence electrons. The van der Waals surface area contributed by atoms with Gasteiger partial charge in [0.15, 0.2) is 0 Å². The highest BCUT2D eigenvalue weighted by Crippen LogP contribution is 2.32. The van der Waals surface area contributed by atoms with Crippen molar-refractivity contribution in [1.82, 2.24) is 0 Å². The summed E-state index contributed by atoms with van der Waals surface area (Å²) in [6.45, 7) is 2.17. The summed E-state index contributed by atoms with van der Waals surface area (Å²) in [6, 6.07) is 0. The van der Waals surface area contributed by atoms with E-state index >= 15 is 0 Å². The van der Waals surface area contributed by atoms with Crippen molar-refractivity contribution in [1.29, 1.82) is 0 Å². The van der Waals surface area contributed by atoms with Crippen LogP contribution >= 0.6 is 0 Å². The summed E-state index contributed by atoms with van der Waals surface area (Å²) in [4.78, 5) is 11.1. The van der Waals surface area contributed by atoms with Gasteiger partial charge in [-0.1, -0.05) is 39.0 Å². The molecule has 0 bridgehead atoms. The lowest BCUT2D eigenvalue weighted by Crippen LogP contribution is -2.22. The Balaban J connectivity index is 2.50. The Morgan fingerprint density at radius 3 is 2.64 bits per heavy atom. The molecule has 0 aromatic rings. The number of hydrogen-bond acceptors (Lipinski definition) is 1. The Labute approximate surface area is 86.7 Å². The molecular formula is C12H22O2. The van der Waals surface area contributed by atoms with Crippen LogP contribution < -0.4 is 0 Å². The molecule has 1 aliphatic rings. The van der Waals surface area contributed by atoms with Gasteiger partial charge in [0.1, 0.15) is 0 Å². The molecular weight excluding hydrogens is 176 g/mol. The van der Waals surface area contributed by atoms with Crippen molar-refractivity contribution in [2.45, 2.75) is 58.3 Å². The monoisotopic (exact) mass is 198 g/mol. The lowest BCUT2D eigenvalue weighted by molar-refractivity contribution is -0.144. The molecule has 2 atom stereocenters. The largest absolute Gasteiger partial charge is 0.481 e. The highest BCUT2D eigenvalue weighted by molar-refractivity contribution is 5.70. The van der Waals surface area contributed by atoms with Crippen LogP contribution in [0.25, 0.3) is 0 Å². The van der Waals surface area contributed by atoms with Crippen LogP contribution in [0.3, 0.4) is 0 Å². The maximum atomic E-state index is 11.1. The third-order valence-corrected chi connectivity index (χ3v) is 3.40. The number of hydrogen-bond donors (Lipinski definition) is 1. The minimum absolute atomic E-state index is 0.0518. The lowest BCUT2D eigenvalue weighted by Gasteiger charge is -2.20. The smallest absolute Gasteiger partial charge is 0.306 e. The van der Waals surface area contributed by atoms with Gasteiger partial charge in [0.05, 0.1) is 5.92 Å². The minimum Gasteiger partial charge on any atom is -0.481 e.